The molecule has 0 unspecified atom stereocenters. The summed E-state index contributed by atoms with van der Waals surface area (Å²) in [5.41, 5.74) is 1.30. The third-order valence-electron chi connectivity index (χ3n) is 4.98. The van der Waals surface area contributed by atoms with Gasteiger partial charge in [-0.15, -0.1) is 0 Å². The van der Waals surface area contributed by atoms with Crippen molar-refractivity contribution in [3.8, 4) is 5.75 Å². The third-order valence-corrected chi connectivity index (χ3v) is 4.98. The molecule has 23 heavy (non-hydrogen) atoms. The summed E-state index contributed by atoms with van der Waals surface area (Å²) in [7, 11) is 0. The first-order valence-electron chi connectivity index (χ1n) is 9.22. The van der Waals surface area contributed by atoms with Crippen molar-refractivity contribution in [3.05, 3.63) is 29.8 Å². The molecule has 2 rings (SSSR count). The molecule has 1 aromatic carbocycles. The van der Waals surface area contributed by atoms with Crippen LogP contribution in [0.15, 0.2) is 24.3 Å². The van der Waals surface area contributed by atoms with Crippen LogP contribution in [0.25, 0.3) is 0 Å². The lowest BCUT2D eigenvalue weighted by Gasteiger charge is -2.29. The molecule has 1 fully saturated rings. The third kappa shape index (κ3) is 6.15. The monoisotopic (exact) mass is 319 g/mol. The lowest BCUT2D eigenvalue weighted by atomic mass is 9.98. The Labute approximate surface area is 142 Å². The number of likely N-dealkylation sites (tertiary alicyclic amines) is 1. The Morgan fingerprint density at radius 3 is 2.61 bits per heavy atom. The lowest BCUT2D eigenvalue weighted by molar-refractivity contribution is 0.0706. The Hall–Kier alpha value is -1.06. The minimum absolute atomic E-state index is 0.536. The van der Waals surface area contributed by atoms with Crippen molar-refractivity contribution in [1.82, 2.24) is 4.90 Å². The Bertz CT molecular complexity index is 441. The first-order chi connectivity index (χ1) is 11.2. The van der Waals surface area contributed by atoms with Crippen LogP contribution in [0.2, 0.25) is 0 Å². The van der Waals surface area contributed by atoms with E-state index in [1.807, 2.05) is 6.07 Å². The van der Waals surface area contributed by atoms with Crippen molar-refractivity contribution < 1.29 is 9.47 Å². The van der Waals surface area contributed by atoms with Gasteiger partial charge in [-0.05, 0) is 55.8 Å². The van der Waals surface area contributed by atoms with Gasteiger partial charge in [-0.3, -0.25) is 0 Å². The smallest absolute Gasteiger partial charge is 0.122 e. The highest BCUT2D eigenvalue weighted by atomic mass is 16.5. The molecule has 1 aliphatic rings. The molecule has 1 atom stereocenters. The summed E-state index contributed by atoms with van der Waals surface area (Å²) in [6, 6.07) is 8.36. The zero-order valence-electron chi connectivity index (χ0n) is 15.1. The van der Waals surface area contributed by atoms with Crippen LogP contribution in [-0.2, 0) is 4.74 Å². The number of hydrogen-bond acceptors (Lipinski definition) is 3. The Morgan fingerprint density at radius 1 is 1.13 bits per heavy atom. The molecule has 0 bridgehead atoms. The van der Waals surface area contributed by atoms with Gasteiger partial charge in [-0.1, -0.05) is 39.0 Å². The molecule has 0 aromatic heterocycles. The summed E-state index contributed by atoms with van der Waals surface area (Å²) in [6.45, 7) is 12.4. The van der Waals surface area contributed by atoms with Gasteiger partial charge in [0.25, 0.3) is 0 Å². The van der Waals surface area contributed by atoms with Gasteiger partial charge < -0.3 is 14.4 Å². The SMILES string of the molecule is CC[C@H](C)c1ccccc1OCCOCCN1CCC(C)CC1. The minimum atomic E-state index is 0.536. The largest absolute Gasteiger partial charge is 0.491 e. The first kappa shape index (κ1) is 18.3. The number of piperidine rings is 1. The van der Waals surface area contributed by atoms with Crippen molar-refractivity contribution in [2.75, 3.05) is 39.5 Å². The van der Waals surface area contributed by atoms with Gasteiger partial charge in [-0.25, -0.2) is 0 Å². The van der Waals surface area contributed by atoms with E-state index in [0.29, 0.717) is 19.1 Å². The highest BCUT2D eigenvalue weighted by Gasteiger charge is 2.14. The summed E-state index contributed by atoms with van der Waals surface area (Å²) in [4.78, 5) is 2.51. The minimum Gasteiger partial charge on any atom is -0.491 e. The van der Waals surface area contributed by atoms with Crippen molar-refractivity contribution in [3.63, 3.8) is 0 Å². The molecule has 3 heteroatoms. The fourth-order valence-corrected chi connectivity index (χ4v) is 3.03. The van der Waals surface area contributed by atoms with Crippen molar-refractivity contribution >= 4 is 0 Å². The average molecular weight is 319 g/mol. The standard InChI is InChI=1S/C20H33NO2/c1-4-18(3)19-7-5-6-8-20(19)23-16-15-22-14-13-21-11-9-17(2)10-12-21/h5-8,17-18H,4,9-16H2,1-3H3/t18-/m0/s1. The predicted octanol–water partition coefficient (Wildman–Crippen LogP) is 4.33. The fourth-order valence-electron chi connectivity index (χ4n) is 3.03. The zero-order chi connectivity index (χ0) is 16.5. The van der Waals surface area contributed by atoms with Crippen LogP contribution in [-0.4, -0.2) is 44.4 Å². The number of benzene rings is 1. The number of para-hydroxylation sites is 1. The van der Waals surface area contributed by atoms with E-state index in [4.69, 9.17) is 9.47 Å². The molecule has 0 saturated carbocycles. The Kier molecular flexibility index (Phi) is 7.90. The van der Waals surface area contributed by atoms with Crippen LogP contribution >= 0.6 is 0 Å². The zero-order valence-corrected chi connectivity index (χ0v) is 15.1. The molecule has 130 valence electrons. The van der Waals surface area contributed by atoms with Gasteiger partial charge >= 0.3 is 0 Å². The molecule has 1 heterocycles. The van der Waals surface area contributed by atoms with E-state index in [2.05, 4.69) is 43.9 Å². The molecule has 0 N–H and O–H groups in total. The summed E-state index contributed by atoms with van der Waals surface area (Å²) >= 11 is 0. The Morgan fingerprint density at radius 2 is 1.87 bits per heavy atom. The van der Waals surface area contributed by atoms with Crippen LogP contribution in [0.4, 0.5) is 0 Å². The summed E-state index contributed by atoms with van der Waals surface area (Å²) in [5.74, 6) is 2.44. The second-order valence-electron chi connectivity index (χ2n) is 6.83. The summed E-state index contributed by atoms with van der Waals surface area (Å²) < 4.78 is 11.7. The van der Waals surface area contributed by atoms with Gasteiger partial charge in [0.15, 0.2) is 0 Å². The number of hydrogen-bond donors (Lipinski definition) is 0. The highest BCUT2D eigenvalue weighted by molar-refractivity contribution is 5.35. The molecular formula is C20H33NO2. The molecule has 0 aliphatic carbocycles. The maximum absolute atomic E-state index is 5.93. The van der Waals surface area contributed by atoms with Crippen LogP contribution in [0.5, 0.6) is 5.75 Å². The second-order valence-corrected chi connectivity index (χ2v) is 6.83. The summed E-state index contributed by atoms with van der Waals surface area (Å²) in [5, 5.41) is 0. The molecule has 1 aliphatic heterocycles. The Balaban J connectivity index is 1.61. The van der Waals surface area contributed by atoms with Gasteiger partial charge in [0, 0.05) is 6.54 Å². The van der Waals surface area contributed by atoms with E-state index in [1.165, 1.54) is 31.5 Å². The molecule has 1 saturated heterocycles. The van der Waals surface area contributed by atoms with E-state index in [0.717, 1.165) is 31.2 Å². The van der Waals surface area contributed by atoms with Crippen molar-refractivity contribution in [1.29, 1.82) is 0 Å². The highest BCUT2D eigenvalue weighted by Crippen LogP contribution is 2.28. The maximum atomic E-state index is 5.93. The second kappa shape index (κ2) is 9.94. The van der Waals surface area contributed by atoms with E-state index in [9.17, 15) is 0 Å². The maximum Gasteiger partial charge on any atom is 0.122 e. The fraction of sp³-hybridized carbons (Fsp3) is 0.700. The summed E-state index contributed by atoms with van der Waals surface area (Å²) in [6.07, 6.45) is 3.79. The van der Waals surface area contributed by atoms with Gasteiger partial charge in [0.1, 0.15) is 12.4 Å². The average Bonchev–Trinajstić information content (AvgIpc) is 2.59. The molecule has 3 nitrogen and oxygen atoms in total. The normalized spacial score (nSPS) is 18.0. The van der Waals surface area contributed by atoms with Gasteiger partial charge in [0.2, 0.25) is 0 Å². The van der Waals surface area contributed by atoms with E-state index in [1.54, 1.807) is 0 Å². The first-order valence-corrected chi connectivity index (χ1v) is 9.22. The molecule has 1 aromatic rings. The molecule has 0 radical (unpaired) electrons. The van der Waals surface area contributed by atoms with Crippen LogP contribution in [0, 0.1) is 5.92 Å². The lowest BCUT2D eigenvalue weighted by Crippen LogP contribution is -2.35. The van der Waals surface area contributed by atoms with E-state index < -0.39 is 0 Å². The van der Waals surface area contributed by atoms with Crippen LogP contribution < -0.4 is 4.74 Å². The van der Waals surface area contributed by atoms with E-state index >= 15 is 0 Å². The van der Waals surface area contributed by atoms with Crippen molar-refractivity contribution in [2.24, 2.45) is 5.92 Å². The van der Waals surface area contributed by atoms with Crippen molar-refractivity contribution in [2.45, 2.75) is 46.0 Å². The number of nitrogens with zero attached hydrogens (tertiary/aromatic N) is 1. The van der Waals surface area contributed by atoms with Gasteiger partial charge in [-0.2, -0.15) is 0 Å². The number of rotatable bonds is 9. The van der Waals surface area contributed by atoms with Crippen LogP contribution in [0.1, 0.15) is 51.5 Å². The van der Waals surface area contributed by atoms with Crippen LogP contribution in [0.3, 0.4) is 0 Å². The molecule has 0 amide bonds. The quantitative estimate of drug-likeness (QED) is 0.632. The van der Waals surface area contributed by atoms with Gasteiger partial charge in [0.05, 0.1) is 13.2 Å². The topological polar surface area (TPSA) is 21.7 Å². The predicted molar refractivity (Wildman–Crippen MR) is 96.3 cm³/mol. The number of ether oxygens (including phenoxy) is 2. The van der Waals surface area contributed by atoms with E-state index in [-0.39, 0.29) is 0 Å². The molecule has 0 spiro atoms. The molecular weight excluding hydrogens is 286 g/mol.